The molecule has 1 aromatic rings. The summed E-state index contributed by atoms with van der Waals surface area (Å²) in [5.74, 6) is 2.66. The van der Waals surface area contributed by atoms with E-state index in [0.29, 0.717) is 6.04 Å². The van der Waals surface area contributed by atoms with Crippen LogP contribution in [0.25, 0.3) is 0 Å². The quantitative estimate of drug-likeness (QED) is 0.679. The van der Waals surface area contributed by atoms with Crippen LogP contribution < -0.4 is 0 Å². The molecule has 15 heavy (non-hydrogen) atoms. The van der Waals surface area contributed by atoms with Gasteiger partial charge in [-0.3, -0.25) is 4.98 Å². The Bertz CT molecular complexity index is 313. The third-order valence-corrected chi connectivity index (χ3v) is 2.62. The van der Waals surface area contributed by atoms with Gasteiger partial charge < -0.3 is 4.90 Å². The second-order valence-corrected chi connectivity index (χ2v) is 3.85. The number of hydrogen-bond acceptors (Lipinski definition) is 2. The third-order valence-electron chi connectivity index (χ3n) is 2.62. The van der Waals surface area contributed by atoms with Gasteiger partial charge in [-0.15, -0.1) is 12.3 Å². The molecule has 0 fully saturated rings. The number of nitrogens with zero attached hydrogens (tertiary/aromatic N) is 2. The van der Waals surface area contributed by atoms with E-state index >= 15 is 0 Å². The first kappa shape index (κ1) is 11.7. The number of terminal acetylenes is 1. The highest BCUT2D eigenvalue weighted by Crippen LogP contribution is 2.06. The van der Waals surface area contributed by atoms with Crippen LogP contribution in [0.3, 0.4) is 0 Å². The van der Waals surface area contributed by atoms with Crippen molar-refractivity contribution >= 4 is 0 Å². The van der Waals surface area contributed by atoms with Gasteiger partial charge in [0.15, 0.2) is 0 Å². The number of hydrogen-bond donors (Lipinski definition) is 0. The monoisotopic (exact) mass is 202 g/mol. The average molecular weight is 202 g/mol. The first-order valence-electron chi connectivity index (χ1n) is 5.26. The average Bonchev–Trinajstić information content (AvgIpc) is 2.27. The molecule has 2 heteroatoms. The van der Waals surface area contributed by atoms with Gasteiger partial charge in [-0.25, -0.2) is 0 Å². The molecule has 0 radical (unpaired) electrons. The van der Waals surface area contributed by atoms with Crippen LogP contribution in [0.2, 0.25) is 0 Å². The lowest BCUT2D eigenvalue weighted by molar-refractivity contribution is 0.262. The molecule has 0 unspecified atom stereocenters. The molecule has 0 amide bonds. The molecule has 80 valence electrons. The summed E-state index contributed by atoms with van der Waals surface area (Å²) >= 11 is 0. The Hall–Kier alpha value is -1.33. The zero-order valence-electron chi connectivity index (χ0n) is 9.48. The van der Waals surface area contributed by atoms with Gasteiger partial charge in [-0.2, -0.15) is 0 Å². The van der Waals surface area contributed by atoms with Crippen molar-refractivity contribution in [2.45, 2.75) is 25.8 Å². The standard InChI is InChI=1S/C13H18N2/c1-4-5-9-15(3)12(2)10-13-7-6-8-14-11-13/h1,6-8,11-12H,5,9-10H2,2-3H3/t12-/m1/s1. The first-order chi connectivity index (χ1) is 7.24. The molecule has 0 aliphatic rings. The summed E-state index contributed by atoms with van der Waals surface area (Å²) in [5.41, 5.74) is 1.28. The number of rotatable bonds is 5. The van der Waals surface area contributed by atoms with Crippen molar-refractivity contribution in [3.8, 4) is 12.3 Å². The van der Waals surface area contributed by atoms with Crippen LogP contribution >= 0.6 is 0 Å². The molecular weight excluding hydrogens is 184 g/mol. The van der Waals surface area contributed by atoms with E-state index in [1.165, 1.54) is 5.56 Å². The molecule has 1 heterocycles. The predicted octanol–water partition coefficient (Wildman–Crippen LogP) is 1.97. The van der Waals surface area contributed by atoms with E-state index in [1.807, 2.05) is 12.3 Å². The Labute approximate surface area is 92.3 Å². The highest BCUT2D eigenvalue weighted by molar-refractivity contribution is 5.09. The molecule has 0 aliphatic heterocycles. The molecule has 1 aromatic heterocycles. The third kappa shape index (κ3) is 4.14. The van der Waals surface area contributed by atoms with Crippen molar-refractivity contribution in [3.05, 3.63) is 30.1 Å². The summed E-state index contributed by atoms with van der Waals surface area (Å²) in [6.45, 7) is 3.17. The van der Waals surface area contributed by atoms with Gasteiger partial charge in [0.2, 0.25) is 0 Å². The summed E-state index contributed by atoms with van der Waals surface area (Å²) in [6, 6.07) is 4.59. The molecule has 0 bridgehead atoms. The molecule has 0 saturated carbocycles. The molecule has 2 nitrogen and oxygen atoms in total. The van der Waals surface area contributed by atoms with Crippen LogP contribution in [-0.4, -0.2) is 29.5 Å². The van der Waals surface area contributed by atoms with E-state index < -0.39 is 0 Å². The molecular formula is C13H18N2. The van der Waals surface area contributed by atoms with Gasteiger partial charge in [0.1, 0.15) is 0 Å². The van der Waals surface area contributed by atoms with Gasteiger partial charge in [0, 0.05) is 31.4 Å². The molecule has 0 saturated heterocycles. The highest BCUT2D eigenvalue weighted by atomic mass is 15.1. The zero-order valence-corrected chi connectivity index (χ0v) is 9.48. The molecule has 0 spiro atoms. The fourth-order valence-corrected chi connectivity index (χ4v) is 1.48. The maximum atomic E-state index is 5.24. The second-order valence-electron chi connectivity index (χ2n) is 3.85. The minimum Gasteiger partial charge on any atom is -0.302 e. The van der Waals surface area contributed by atoms with Gasteiger partial charge in [0.25, 0.3) is 0 Å². The predicted molar refractivity (Wildman–Crippen MR) is 63.5 cm³/mol. The summed E-state index contributed by atoms with van der Waals surface area (Å²) in [5, 5.41) is 0. The SMILES string of the molecule is C#CCCN(C)[C@H](C)Cc1cccnc1. The summed E-state index contributed by atoms with van der Waals surface area (Å²) in [6.07, 6.45) is 10.8. The molecule has 0 aliphatic carbocycles. The van der Waals surface area contributed by atoms with Crippen LogP contribution in [0.15, 0.2) is 24.5 Å². The van der Waals surface area contributed by atoms with E-state index in [9.17, 15) is 0 Å². The lowest BCUT2D eigenvalue weighted by Gasteiger charge is -2.23. The van der Waals surface area contributed by atoms with Crippen molar-refractivity contribution in [3.63, 3.8) is 0 Å². The van der Waals surface area contributed by atoms with E-state index in [0.717, 1.165) is 19.4 Å². The topological polar surface area (TPSA) is 16.1 Å². The molecule has 0 aromatic carbocycles. The Morgan fingerprint density at radius 1 is 1.60 bits per heavy atom. The van der Waals surface area contributed by atoms with Crippen LogP contribution in [0.5, 0.6) is 0 Å². The lowest BCUT2D eigenvalue weighted by atomic mass is 10.1. The van der Waals surface area contributed by atoms with Crippen molar-refractivity contribution in [1.82, 2.24) is 9.88 Å². The van der Waals surface area contributed by atoms with Crippen molar-refractivity contribution < 1.29 is 0 Å². The fraction of sp³-hybridized carbons (Fsp3) is 0.462. The van der Waals surface area contributed by atoms with Gasteiger partial charge in [-0.1, -0.05) is 6.07 Å². The van der Waals surface area contributed by atoms with Crippen molar-refractivity contribution in [2.75, 3.05) is 13.6 Å². The van der Waals surface area contributed by atoms with Gasteiger partial charge in [0.05, 0.1) is 0 Å². The minimum absolute atomic E-state index is 0.502. The second kappa shape index (κ2) is 6.21. The maximum absolute atomic E-state index is 5.24. The van der Waals surface area contributed by atoms with Gasteiger partial charge >= 0.3 is 0 Å². The van der Waals surface area contributed by atoms with Crippen LogP contribution in [-0.2, 0) is 6.42 Å². The Morgan fingerprint density at radius 2 is 2.40 bits per heavy atom. The molecule has 0 N–H and O–H groups in total. The smallest absolute Gasteiger partial charge is 0.0300 e. The summed E-state index contributed by atoms with van der Waals surface area (Å²) < 4.78 is 0. The molecule has 1 atom stereocenters. The van der Waals surface area contributed by atoms with Crippen molar-refractivity contribution in [1.29, 1.82) is 0 Å². The summed E-state index contributed by atoms with van der Waals surface area (Å²) in [7, 11) is 2.11. The van der Waals surface area contributed by atoms with E-state index in [2.05, 4.69) is 35.8 Å². The van der Waals surface area contributed by atoms with Gasteiger partial charge in [-0.05, 0) is 32.0 Å². The van der Waals surface area contributed by atoms with Crippen LogP contribution in [0, 0.1) is 12.3 Å². The van der Waals surface area contributed by atoms with E-state index in [1.54, 1.807) is 6.20 Å². The fourth-order valence-electron chi connectivity index (χ4n) is 1.48. The number of likely N-dealkylation sites (N-methyl/N-ethyl adjacent to an activating group) is 1. The highest BCUT2D eigenvalue weighted by Gasteiger charge is 2.08. The lowest BCUT2D eigenvalue weighted by Crippen LogP contribution is -2.31. The normalized spacial score (nSPS) is 12.4. The summed E-state index contributed by atoms with van der Waals surface area (Å²) in [4.78, 5) is 6.39. The van der Waals surface area contributed by atoms with E-state index in [-0.39, 0.29) is 0 Å². The Balaban J connectivity index is 2.42. The maximum Gasteiger partial charge on any atom is 0.0300 e. The van der Waals surface area contributed by atoms with E-state index in [4.69, 9.17) is 6.42 Å². The largest absolute Gasteiger partial charge is 0.302 e. The van der Waals surface area contributed by atoms with Crippen molar-refractivity contribution in [2.24, 2.45) is 0 Å². The zero-order chi connectivity index (χ0) is 11.1. The minimum atomic E-state index is 0.502. The van der Waals surface area contributed by atoms with Crippen LogP contribution in [0.1, 0.15) is 18.9 Å². The first-order valence-corrected chi connectivity index (χ1v) is 5.26. The van der Waals surface area contributed by atoms with Crippen LogP contribution in [0.4, 0.5) is 0 Å². The Morgan fingerprint density at radius 3 is 3.00 bits per heavy atom. The number of pyridine rings is 1. The molecule has 1 rings (SSSR count). The Kier molecular flexibility index (Phi) is 4.86. The number of aromatic nitrogens is 1.